The van der Waals surface area contributed by atoms with E-state index in [-0.39, 0.29) is 0 Å². The molecule has 0 fully saturated rings. The fourth-order valence-corrected chi connectivity index (χ4v) is 6.57. The molecule has 2 heterocycles. The van der Waals surface area contributed by atoms with Gasteiger partial charge in [0.15, 0.2) is 0 Å². The van der Waals surface area contributed by atoms with E-state index in [2.05, 4.69) is 139 Å². The maximum absolute atomic E-state index is 5.06. The molecule has 5 aromatic rings. The molecule has 5 rings (SSSR count). The summed E-state index contributed by atoms with van der Waals surface area (Å²) in [7, 11) is -0.505. The van der Waals surface area contributed by atoms with Crippen LogP contribution in [0.4, 0.5) is 0 Å². The Kier molecular flexibility index (Phi) is 6.65. The quantitative estimate of drug-likeness (QED) is 0.233. The van der Waals surface area contributed by atoms with Gasteiger partial charge in [-0.15, -0.1) is 0 Å². The van der Waals surface area contributed by atoms with Crippen molar-refractivity contribution >= 4 is 18.5 Å². The van der Waals surface area contributed by atoms with Gasteiger partial charge in [-0.3, -0.25) is 4.98 Å². The summed E-state index contributed by atoms with van der Waals surface area (Å²) in [5.74, 6) is 0. The van der Waals surface area contributed by atoms with Crippen molar-refractivity contribution in [1.29, 1.82) is 0 Å². The summed E-state index contributed by atoms with van der Waals surface area (Å²) in [6.07, 6.45) is 7.31. The first kappa shape index (κ1) is 22.3. The lowest BCUT2D eigenvalue weighted by atomic mass is 10.1. The van der Waals surface area contributed by atoms with Crippen LogP contribution in [0.15, 0.2) is 116 Å². The number of hydrogen-bond acceptors (Lipinski definition) is 1. The van der Waals surface area contributed by atoms with Gasteiger partial charge in [-0.05, 0) is 67.8 Å². The van der Waals surface area contributed by atoms with Crippen molar-refractivity contribution in [1.82, 2.24) is 9.55 Å². The minimum Gasteiger partial charge on any atom is -0.253 e. The molecule has 2 aromatic heterocycles. The van der Waals surface area contributed by atoms with Gasteiger partial charge in [0.1, 0.15) is 24.6 Å². The molecule has 0 radical (unpaired) electrons. The predicted octanol–water partition coefficient (Wildman–Crippen LogP) is 5.46. The van der Waals surface area contributed by atoms with Crippen molar-refractivity contribution < 1.29 is 4.57 Å². The number of pyridine rings is 1. The molecular weight excluding hydrogens is 433 g/mol. The molecule has 168 valence electrons. The molecule has 0 bridgehead atoms. The average molecular weight is 463 g/mol. The standard InChI is InChI=1S/C30H29N3P/c1-24-18-25(2)20-28(19-24)33-17-16-32(23-33)21-26-10-9-11-27(31-26)22-34(29-12-5-3-6-13-29)30-14-7-4-8-15-30/h3-20,23H,21-22H2,1-2H3/q+1. The SMILES string of the molecule is Cc1cc(C)cc(-n2cc[n+](Cc3cccc(CP(c4ccccc4)c4ccccc4)n3)c2)c1. The molecule has 0 aliphatic carbocycles. The monoisotopic (exact) mass is 462 g/mol. The number of aromatic nitrogens is 3. The lowest BCUT2D eigenvalue weighted by Crippen LogP contribution is -2.32. The first-order valence-corrected chi connectivity index (χ1v) is 13.1. The lowest BCUT2D eigenvalue weighted by molar-refractivity contribution is -0.688. The summed E-state index contributed by atoms with van der Waals surface area (Å²) in [5.41, 5.74) is 5.97. The number of aryl methyl sites for hydroxylation is 2. The lowest BCUT2D eigenvalue weighted by Gasteiger charge is -2.18. The Morgan fingerprint density at radius 2 is 1.35 bits per heavy atom. The van der Waals surface area contributed by atoms with Gasteiger partial charge in [-0.1, -0.05) is 72.8 Å². The fraction of sp³-hybridized carbons (Fsp3) is 0.133. The zero-order valence-electron chi connectivity index (χ0n) is 19.7. The van der Waals surface area contributed by atoms with E-state index in [9.17, 15) is 0 Å². The predicted molar refractivity (Wildman–Crippen MR) is 142 cm³/mol. The molecule has 0 saturated heterocycles. The van der Waals surface area contributed by atoms with Gasteiger partial charge in [-0.25, -0.2) is 9.13 Å². The van der Waals surface area contributed by atoms with Crippen molar-refractivity contribution in [3.8, 4) is 5.69 Å². The van der Waals surface area contributed by atoms with E-state index >= 15 is 0 Å². The molecule has 0 aliphatic heterocycles. The van der Waals surface area contributed by atoms with Crippen LogP contribution in [0.5, 0.6) is 0 Å². The highest BCUT2D eigenvalue weighted by molar-refractivity contribution is 7.72. The number of nitrogens with zero attached hydrogens (tertiary/aromatic N) is 3. The largest absolute Gasteiger partial charge is 0.253 e. The van der Waals surface area contributed by atoms with Crippen LogP contribution < -0.4 is 15.2 Å². The molecule has 3 aromatic carbocycles. The number of hydrogen-bond donors (Lipinski definition) is 0. The van der Waals surface area contributed by atoms with Crippen LogP contribution in [-0.2, 0) is 12.7 Å². The van der Waals surface area contributed by atoms with Crippen molar-refractivity contribution in [3.63, 3.8) is 0 Å². The summed E-state index contributed by atoms with van der Waals surface area (Å²) in [5, 5.41) is 2.77. The van der Waals surface area contributed by atoms with Gasteiger partial charge < -0.3 is 0 Å². The fourth-order valence-electron chi connectivity index (χ4n) is 4.34. The van der Waals surface area contributed by atoms with Crippen molar-refractivity contribution in [3.05, 3.63) is 138 Å². The molecule has 3 nitrogen and oxygen atoms in total. The van der Waals surface area contributed by atoms with Crippen LogP contribution in [0.2, 0.25) is 0 Å². The van der Waals surface area contributed by atoms with Crippen LogP contribution in [0.25, 0.3) is 5.69 Å². The summed E-state index contributed by atoms with van der Waals surface area (Å²) in [4.78, 5) is 5.06. The van der Waals surface area contributed by atoms with Gasteiger partial charge in [-0.2, -0.15) is 0 Å². The summed E-state index contributed by atoms with van der Waals surface area (Å²) in [6, 6.07) is 34.7. The zero-order valence-corrected chi connectivity index (χ0v) is 20.6. The van der Waals surface area contributed by atoms with Crippen molar-refractivity contribution in [2.75, 3.05) is 0 Å². The minimum absolute atomic E-state index is 0.505. The molecule has 0 atom stereocenters. The summed E-state index contributed by atoms with van der Waals surface area (Å²) < 4.78 is 4.37. The van der Waals surface area contributed by atoms with E-state index in [1.165, 1.54) is 27.4 Å². The Hall–Kier alpha value is -3.55. The highest BCUT2D eigenvalue weighted by Gasteiger charge is 2.16. The Morgan fingerprint density at radius 3 is 2.00 bits per heavy atom. The Labute approximate surface area is 203 Å². The van der Waals surface area contributed by atoms with E-state index in [1.54, 1.807) is 0 Å². The highest BCUT2D eigenvalue weighted by Crippen LogP contribution is 2.37. The Balaban J connectivity index is 1.37. The van der Waals surface area contributed by atoms with Gasteiger partial charge in [0.25, 0.3) is 0 Å². The second-order valence-corrected chi connectivity index (χ2v) is 10.9. The normalized spacial score (nSPS) is 11.1. The van der Waals surface area contributed by atoms with E-state index in [0.717, 1.165) is 24.1 Å². The molecule has 0 saturated carbocycles. The second kappa shape index (κ2) is 10.2. The first-order chi connectivity index (χ1) is 16.6. The third-order valence-electron chi connectivity index (χ3n) is 5.86. The summed E-state index contributed by atoms with van der Waals surface area (Å²) in [6.45, 7) is 5.03. The summed E-state index contributed by atoms with van der Waals surface area (Å²) >= 11 is 0. The zero-order chi connectivity index (χ0) is 23.3. The number of benzene rings is 3. The van der Waals surface area contributed by atoms with E-state index < -0.39 is 7.92 Å². The third-order valence-corrected chi connectivity index (χ3v) is 8.34. The molecule has 4 heteroatoms. The number of imidazole rings is 1. The van der Waals surface area contributed by atoms with Crippen LogP contribution in [0, 0.1) is 13.8 Å². The van der Waals surface area contributed by atoms with Crippen LogP contribution in [0.1, 0.15) is 22.5 Å². The van der Waals surface area contributed by atoms with Gasteiger partial charge in [0, 0.05) is 11.9 Å². The number of rotatable bonds is 7. The Morgan fingerprint density at radius 1 is 0.735 bits per heavy atom. The third kappa shape index (κ3) is 5.32. The van der Waals surface area contributed by atoms with E-state index in [0.29, 0.717) is 0 Å². The minimum atomic E-state index is -0.505. The van der Waals surface area contributed by atoms with Gasteiger partial charge in [0.05, 0.1) is 5.69 Å². The van der Waals surface area contributed by atoms with Gasteiger partial charge >= 0.3 is 0 Å². The topological polar surface area (TPSA) is 21.7 Å². The van der Waals surface area contributed by atoms with Crippen molar-refractivity contribution in [2.24, 2.45) is 0 Å². The van der Waals surface area contributed by atoms with Crippen LogP contribution in [0.3, 0.4) is 0 Å². The Bertz CT molecular complexity index is 1320. The maximum Gasteiger partial charge on any atom is 0.249 e. The smallest absolute Gasteiger partial charge is 0.249 e. The maximum atomic E-state index is 5.06. The van der Waals surface area contributed by atoms with Crippen molar-refractivity contribution in [2.45, 2.75) is 26.6 Å². The molecule has 0 N–H and O–H groups in total. The molecule has 0 amide bonds. The molecular formula is C30H29N3P+. The highest BCUT2D eigenvalue weighted by atomic mass is 31.1. The molecule has 34 heavy (non-hydrogen) atoms. The van der Waals surface area contributed by atoms with Crippen LogP contribution >= 0.6 is 7.92 Å². The molecule has 0 unspecified atom stereocenters. The second-order valence-electron chi connectivity index (χ2n) is 8.72. The van der Waals surface area contributed by atoms with E-state index in [4.69, 9.17) is 4.98 Å². The van der Waals surface area contributed by atoms with Crippen LogP contribution in [-0.4, -0.2) is 9.55 Å². The first-order valence-electron chi connectivity index (χ1n) is 11.6. The van der Waals surface area contributed by atoms with Gasteiger partial charge in [0.2, 0.25) is 6.33 Å². The molecule has 0 aliphatic rings. The average Bonchev–Trinajstić information content (AvgIpc) is 3.32. The van der Waals surface area contributed by atoms with E-state index in [1.807, 2.05) is 0 Å². The molecule has 0 spiro atoms.